The lowest BCUT2D eigenvalue weighted by molar-refractivity contribution is -0.146. The molecule has 0 spiro atoms. The summed E-state index contributed by atoms with van der Waals surface area (Å²) in [6.07, 6.45) is -3.48. The van der Waals surface area contributed by atoms with Gasteiger partial charge in [-0.1, -0.05) is 65.8 Å². The standard InChI is InChI=1S/C30H40F2N4O4S/c1-16-22(41-15-33-16)17-8-10-18(11-9-17)23(28(2,3)4)34-25(38)21-20(31)19(37)14-36(21)26(39)24(29(5,6)7)35-27(40)30(32)12-13-30/h8-11,15,19-21,23-24,37H,12-14H2,1-7H3,(H,34,38)(H,35,40)/t19-,20-,21-,23+,24+/m0/s1. The molecule has 11 heteroatoms. The van der Waals surface area contributed by atoms with Crippen molar-refractivity contribution in [2.75, 3.05) is 6.54 Å². The molecule has 1 aliphatic heterocycles. The number of carbonyl (C=O) groups is 3. The fourth-order valence-corrected chi connectivity index (χ4v) is 5.97. The van der Waals surface area contributed by atoms with Crippen LogP contribution >= 0.6 is 11.3 Å². The molecule has 2 heterocycles. The van der Waals surface area contributed by atoms with E-state index in [1.54, 1.807) is 26.3 Å². The summed E-state index contributed by atoms with van der Waals surface area (Å²) in [4.78, 5) is 46.3. The Balaban J connectivity index is 1.58. The molecule has 3 amide bonds. The molecule has 41 heavy (non-hydrogen) atoms. The number of aryl methyl sites for hydroxylation is 1. The zero-order valence-electron chi connectivity index (χ0n) is 24.6. The van der Waals surface area contributed by atoms with Gasteiger partial charge < -0.3 is 20.6 Å². The minimum absolute atomic E-state index is 0.0723. The summed E-state index contributed by atoms with van der Waals surface area (Å²) in [5, 5.41) is 15.8. The van der Waals surface area contributed by atoms with E-state index in [0.29, 0.717) is 0 Å². The lowest BCUT2D eigenvalue weighted by Crippen LogP contribution is -2.60. The SMILES string of the molecule is Cc1ncsc1-c1ccc([C@@H](NC(=O)[C@@H]2[C@@H](F)[C@@H](O)CN2C(=O)[C@@H](NC(=O)C2(F)CC2)C(C)(C)C)C(C)(C)C)cc1. The number of alkyl halides is 2. The van der Waals surface area contributed by atoms with Gasteiger partial charge in [0.25, 0.3) is 5.91 Å². The summed E-state index contributed by atoms with van der Waals surface area (Å²) in [6.45, 7) is 12.4. The monoisotopic (exact) mass is 590 g/mol. The van der Waals surface area contributed by atoms with E-state index in [9.17, 15) is 23.9 Å². The van der Waals surface area contributed by atoms with Crippen LogP contribution in [-0.2, 0) is 14.4 Å². The van der Waals surface area contributed by atoms with Crippen LogP contribution in [0.2, 0.25) is 0 Å². The number of nitrogens with one attached hydrogen (secondary N) is 2. The molecule has 3 N–H and O–H groups in total. The van der Waals surface area contributed by atoms with Crippen LogP contribution in [0, 0.1) is 17.8 Å². The predicted octanol–water partition coefficient (Wildman–Crippen LogP) is 4.26. The minimum Gasteiger partial charge on any atom is -0.388 e. The number of benzene rings is 1. The lowest BCUT2D eigenvalue weighted by Gasteiger charge is -2.37. The first-order valence-corrected chi connectivity index (χ1v) is 14.8. The molecule has 2 aliphatic rings. The summed E-state index contributed by atoms with van der Waals surface area (Å²) >= 11 is 1.53. The molecule has 1 saturated heterocycles. The third-order valence-corrected chi connectivity index (χ3v) is 8.81. The zero-order chi connectivity index (χ0) is 30.5. The summed E-state index contributed by atoms with van der Waals surface area (Å²) in [5.74, 6) is -2.40. The topological polar surface area (TPSA) is 112 Å². The normalized spacial score (nSPS) is 23.6. The first kappa shape index (κ1) is 31.0. The van der Waals surface area contributed by atoms with Crippen molar-refractivity contribution in [3.63, 3.8) is 0 Å². The smallest absolute Gasteiger partial charge is 0.258 e. The van der Waals surface area contributed by atoms with E-state index in [1.165, 1.54) is 11.3 Å². The van der Waals surface area contributed by atoms with Crippen molar-refractivity contribution in [2.24, 2.45) is 10.8 Å². The van der Waals surface area contributed by atoms with Gasteiger partial charge in [0.2, 0.25) is 11.8 Å². The molecule has 4 rings (SSSR count). The second kappa shape index (κ2) is 11.1. The Hall–Kier alpha value is -2.92. The number of aliphatic hydroxyl groups is 1. The number of hydrogen-bond acceptors (Lipinski definition) is 6. The van der Waals surface area contributed by atoms with Crippen LogP contribution in [-0.4, -0.2) is 69.3 Å². The zero-order valence-corrected chi connectivity index (χ0v) is 25.4. The molecule has 1 saturated carbocycles. The number of amides is 3. The Morgan fingerprint density at radius 1 is 1.07 bits per heavy atom. The highest BCUT2D eigenvalue weighted by atomic mass is 32.1. The molecule has 2 aromatic rings. The largest absolute Gasteiger partial charge is 0.388 e. The molecule has 0 radical (unpaired) electrons. The predicted molar refractivity (Wildman–Crippen MR) is 153 cm³/mol. The third kappa shape index (κ3) is 6.45. The Labute approximate surface area is 243 Å². The Bertz CT molecular complexity index is 1300. The first-order valence-electron chi connectivity index (χ1n) is 13.9. The number of rotatable bonds is 7. The number of aromatic nitrogens is 1. The van der Waals surface area contributed by atoms with E-state index in [1.807, 2.05) is 52.0 Å². The maximum absolute atomic E-state index is 15.4. The number of carbonyl (C=O) groups excluding carboxylic acids is 3. The lowest BCUT2D eigenvalue weighted by atomic mass is 9.81. The van der Waals surface area contributed by atoms with Gasteiger partial charge >= 0.3 is 0 Å². The van der Waals surface area contributed by atoms with Gasteiger partial charge in [-0.3, -0.25) is 14.4 Å². The van der Waals surface area contributed by atoms with Gasteiger partial charge in [0.05, 0.1) is 28.7 Å². The molecule has 1 aliphatic carbocycles. The van der Waals surface area contributed by atoms with Crippen molar-refractivity contribution in [3.8, 4) is 10.4 Å². The van der Waals surface area contributed by atoms with Gasteiger partial charge in [0.1, 0.15) is 18.2 Å². The molecule has 2 fully saturated rings. The van der Waals surface area contributed by atoms with Gasteiger partial charge in [-0.25, -0.2) is 13.8 Å². The Kier molecular flexibility index (Phi) is 8.36. The maximum atomic E-state index is 15.4. The molecule has 0 bridgehead atoms. The van der Waals surface area contributed by atoms with Crippen molar-refractivity contribution in [3.05, 3.63) is 41.0 Å². The second-order valence-corrected chi connectivity index (χ2v) is 14.2. The summed E-state index contributed by atoms with van der Waals surface area (Å²) in [6, 6.07) is 4.30. The van der Waals surface area contributed by atoms with Crippen LogP contribution in [0.25, 0.3) is 10.4 Å². The van der Waals surface area contributed by atoms with Crippen LogP contribution in [0.4, 0.5) is 8.78 Å². The average Bonchev–Trinajstić information content (AvgIpc) is 3.37. The number of hydrogen-bond donors (Lipinski definition) is 3. The van der Waals surface area contributed by atoms with Crippen molar-refractivity contribution in [1.29, 1.82) is 0 Å². The van der Waals surface area contributed by atoms with E-state index in [-0.39, 0.29) is 12.8 Å². The van der Waals surface area contributed by atoms with Gasteiger partial charge in [-0.05, 0) is 41.7 Å². The second-order valence-electron chi connectivity index (χ2n) is 13.4. The van der Waals surface area contributed by atoms with Crippen molar-refractivity contribution in [1.82, 2.24) is 20.5 Å². The molecular formula is C30H40F2N4O4S. The quantitative estimate of drug-likeness (QED) is 0.446. The molecule has 5 atom stereocenters. The van der Waals surface area contributed by atoms with Gasteiger partial charge in [-0.15, -0.1) is 11.3 Å². The molecule has 0 unspecified atom stereocenters. The van der Waals surface area contributed by atoms with Crippen LogP contribution in [0.3, 0.4) is 0 Å². The highest BCUT2D eigenvalue weighted by Gasteiger charge is 2.55. The number of thiazole rings is 1. The van der Waals surface area contributed by atoms with Crippen molar-refractivity contribution in [2.45, 2.75) is 97.4 Å². The van der Waals surface area contributed by atoms with E-state index < -0.39 is 71.2 Å². The average molecular weight is 591 g/mol. The number of halogens is 2. The van der Waals surface area contributed by atoms with Crippen LogP contribution < -0.4 is 10.6 Å². The maximum Gasteiger partial charge on any atom is 0.258 e. The highest BCUT2D eigenvalue weighted by molar-refractivity contribution is 7.13. The van der Waals surface area contributed by atoms with Gasteiger partial charge in [0.15, 0.2) is 11.8 Å². The third-order valence-electron chi connectivity index (χ3n) is 7.83. The summed E-state index contributed by atoms with van der Waals surface area (Å²) < 4.78 is 29.9. The molecular weight excluding hydrogens is 550 g/mol. The van der Waals surface area contributed by atoms with Crippen molar-refractivity contribution >= 4 is 29.1 Å². The fraction of sp³-hybridized carbons (Fsp3) is 0.600. The fourth-order valence-electron chi connectivity index (χ4n) is 5.16. The Morgan fingerprint density at radius 2 is 1.68 bits per heavy atom. The molecule has 1 aromatic heterocycles. The van der Waals surface area contributed by atoms with Gasteiger partial charge in [0, 0.05) is 0 Å². The molecule has 1 aromatic carbocycles. The molecule has 224 valence electrons. The number of nitrogens with zero attached hydrogens (tertiary/aromatic N) is 2. The van der Waals surface area contributed by atoms with Gasteiger partial charge in [-0.2, -0.15) is 0 Å². The Morgan fingerprint density at radius 3 is 2.17 bits per heavy atom. The van der Waals surface area contributed by atoms with Crippen LogP contribution in [0.15, 0.2) is 29.8 Å². The highest BCUT2D eigenvalue weighted by Crippen LogP contribution is 2.41. The van der Waals surface area contributed by atoms with E-state index in [0.717, 1.165) is 26.6 Å². The number of likely N-dealkylation sites (tertiary alicyclic amines) is 1. The van der Waals surface area contributed by atoms with E-state index >= 15 is 4.39 Å². The van der Waals surface area contributed by atoms with E-state index in [2.05, 4.69) is 15.6 Å². The summed E-state index contributed by atoms with van der Waals surface area (Å²) in [5.41, 5.74) is 1.11. The minimum atomic E-state index is -2.04. The first-order chi connectivity index (χ1) is 18.9. The number of aliphatic hydroxyl groups excluding tert-OH is 1. The van der Waals surface area contributed by atoms with Crippen molar-refractivity contribution < 1.29 is 28.3 Å². The van der Waals surface area contributed by atoms with Crippen LogP contribution in [0.5, 0.6) is 0 Å². The summed E-state index contributed by atoms with van der Waals surface area (Å²) in [7, 11) is 0. The molecule has 8 nitrogen and oxygen atoms in total. The number of β-amino-alcohol motifs (C(OH)–C–C–N with tert-alkyl or cyclic N) is 1. The van der Waals surface area contributed by atoms with E-state index in [4.69, 9.17) is 0 Å². The van der Waals surface area contributed by atoms with Crippen LogP contribution in [0.1, 0.15) is 71.7 Å².